The molecule has 0 spiro atoms. The second-order valence-corrected chi connectivity index (χ2v) is 7.58. The minimum absolute atomic E-state index is 0. The molecule has 0 aromatic heterocycles. The first-order valence-corrected chi connectivity index (χ1v) is 10.7. The van der Waals surface area contributed by atoms with Gasteiger partial charge in [-0.25, -0.2) is 0 Å². The molecule has 0 bridgehead atoms. The predicted octanol–water partition coefficient (Wildman–Crippen LogP) is 2.76. The molecule has 0 saturated carbocycles. The number of nitrogens with one attached hydrogen (secondary N) is 2. The van der Waals surface area contributed by atoms with Crippen LogP contribution in [-0.2, 0) is 4.74 Å². The highest BCUT2D eigenvalue weighted by molar-refractivity contribution is 14.0. The summed E-state index contributed by atoms with van der Waals surface area (Å²) < 4.78 is 35.4. The molecule has 31 heavy (non-hydrogen) atoms. The van der Waals surface area contributed by atoms with Crippen molar-refractivity contribution in [1.29, 1.82) is 0 Å². The Morgan fingerprint density at radius 3 is 2.74 bits per heavy atom. The third-order valence-electron chi connectivity index (χ3n) is 5.47. The van der Waals surface area contributed by atoms with Gasteiger partial charge < -0.3 is 25.0 Å². The van der Waals surface area contributed by atoms with Crippen molar-refractivity contribution in [2.45, 2.75) is 31.9 Å². The van der Waals surface area contributed by atoms with E-state index in [1.54, 1.807) is 19.2 Å². The molecule has 0 aliphatic carbocycles. The highest BCUT2D eigenvalue weighted by atomic mass is 127. The van der Waals surface area contributed by atoms with Crippen molar-refractivity contribution in [2.75, 3.05) is 64.4 Å². The highest BCUT2D eigenvalue weighted by Crippen LogP contribution is 2.31. The number of halogens is 3. The number of hydrogen-bond donors (Lipinski definition) is 2. The van der Waals surface area contributed by atoms with E-state index in [4.69, 9.17) is 4.74 Å². The molecule has 2 fully saturated rings. The molecule has 3 rings (SSSR count). The van der Waals surface area contributed by atoms with Crippen LogP contribution in [0.1, 0.15) is 19.3 Å². The van der Waals surface area contributed by atoms with Crippen LogP contribution in [0.2, 0.25) is 0 Å². The number of unbranched alkanes of at least 4 members (excludes halogenated alkanes) is 1. The first-order valence-electron chi connectivity index (χ1n) is 10.7. The number of alkyl halides is 2. The summed E-state index contributed by atoms with van der Waals surface area (Å²) in [5.41, 5.74) is 0.702. The van der Waals surface area contributed by atoms with Gasteiger partial charge in [-0.1, -0.05) is 12.1 Å². The Hall–Kier alpha value is -1.40. The van der Waals surface area contributed by atoms with Crippen molar-refractivity contribution in [3.05, 3.63) is 24.3 Å². The van der Waals surface area contributed by atoms with Crippen LogP contribution >= 0.6 is 24.0 Å². The highest BCUT2D eigenvalue weighted by Gasteiger charge is 2.26. The molecule has 1 atom stereocenters. The summed E-state index contributed by atoms with van der Waals surface area (Å²) in [7, 11) is 1.77. The Morgan fingerprint density at radius 1 is 1.23 bits per heavy atom. The lowest BCUT2D eigenvalue weighted by Crippen LogP contribution is -2.45. The van der Waals surface area contributed by atoms with Gasteiger partial charge in [0.25, 0.3) is 0 Å². The summed E-state index contributed by atoms with van der Waals surface area (Å²) in [6.45, 7) is 4.37. The van der Waals surface area contributed by atoms with Gasteiger partial charge in [-0.05, 0) is 37.9 Å². The molecule has 176 valence electrons. The van der Waals surface area contributed by atoms with Crippen LogP contribution in [0.3, 0.4) is 0 Å². The minimum atomic E-state index is -2.83. The van der Waals surface area contributed by atoms with Gasteiger partial charge in [0.15, 0.2) is 5.96 Å². The van der Waals surface area contributed by atoms with Crippen LogP contribution in [-0.4, -0.2) is 83.0 Å². The lowest BCUT2D eigenvalue weighted by Gasteiger charge is -2.26. The number of benzene rings is 1. The molecule has 1 aromatic rings. The molecular formula is C21H34F2IN5O2. The molecule has 2 N–H and O–H groups in total. The second-order valence-electron chi connectivity index (χ2n) is 7.58. The van der Waals surface area contributed by atoms with Gasteiger partial charge >= 0.3 is 6.61 Å². The number of guanidine groups is 1. The van der Waals surface area contributed by atoms with E-state index >= 15 is 0 Å². The van der Waals surface area contributed by atoms with Gasteiger partial charge in [0, 0.05) is 45.8 Å². The van der Waals surface area contributed by atoms with Crippen molar-refractivity contribution >= 4 is 35.6 Å². The van der Waals surface area contributed by atoms with Crippen molar-refractivity contribution in [1.82, 2.24) is 15.5 Å². The summed E-state index contributed by atoms with van der Waals surface area (Å²) in [5.74, 6) is 1.00. The Morgan fingerprint density at radius 2 is 2.00 bits per heavy atom. The van der Waals surface area contributed by atoms with Gasteiger partial charge in [0.05, 0.1) is 18.9 Å². The van der Waals surface area contributed by atoms with Crippen molar-refractivity contribution < 1.29 is 18.3 Å². The fraction of sp³-hybridized carbons (Fsp3) is 0.667. The normalized spacial score (nSPS) is 19.9. The second kappa shape index (κ2) is 13.9. The molecule has 2 saturated heterocycles. The quantitative estimate of drug-likeness (QED) is 0.212. The fourth-order valence-electron chi connectivity index (χ4n) is 3.89. The zero-order valence-corrected chi connectivity index (χ0v) is 20.4. The van der Waals surface area contributed by atoms with Crippen molar-refractivity contribution in [3.63, 3.8) is 0 Å². The van der Waals surface area contributed by atoms with E-state index in [1.165, 1.54) is 0 Å². The Balaban J connectivity index is 0.00000341. The summed E-state index contributed by atoms with van der Waals surface area (Å²) in [6, 6.07) is 7.15. The maximum absolute atomic E-state index is 12.7. The third-order valence-corrected chi connectivity index (χ3v) is 5.47. The van der Waals surface area contributed by atoms with E-state index in [1.807, 2.05) is 12.1 Å². The van der Waals surface area contributed by atoms with E-state index < -0.39 is 6.61 Å². The number of anilines is 1. The summed E-state index contributed by atoms with van der Waals surface area (Å²) in [6.07, 6.45) is 3.12. The number of rotatable bonds is 9. The molecule has 7 nitrogen and oxygen atoms in total. The number of morpholine rings is 1. The van der Waals surface area contributed by atoms with E-state index in [-0.39, 0.29) is 35.8 Å². The summed E-state index contributed by atoms with van der Waals surface area (Å²) in [4.78, 5) is 8.84. The predicted molar refractivity (Wildman–Crippen MR) is 130 cm³/mol. The molecule has 2 aliphatic heterocycles. The molecule has 2 heterocycles. The van der Waals surface area contributed by atoms with Crippen LogP contribution in [0.15, 0.2) is 29.3 Å². The minimum Gasteiger partial charge on any atom is -0.433 e. The number of nitrogens with zero attached hydrogens (tertiary/aromatic N) is 3. The number of para-hydroxylation sites is 2. The SMILES string of the molecule is CN=C(NCCCCN1CCOCC1)NC1CCN(c2ccccc2OC(F)F)C1.I. The van der Waals surface area contributed by atoms with Gasteiger partial charge in [-0.3, -0.25) is 9.89 Å². The smallest absolute Gasteiger partial charge is 0.387 e. The van der Waals surface area contributed by atoms with Crippen LogP contribution in [0.5, 0.6) is 5.75 Å². The largest absolute Gasteiger partial charge is 0.433 e. The molecule has 1 unspecified atom stereocenters. The van der Waals surface area contributed by atoms with Crippen molar-refractivity contribution in [2.24, 2.45) is 4.99 Å². The Kier molecular flexibility index (Phi) is 11.6. The van der Waals surface area contributed by atoms with Gasteiger partial charge in [-0.15, -0.1) is 24.0 Å². The first-order chi connectivity index (χ1) is 14.7. The average Bonchev–Trinajstić information content (AvgIpc) is 3.21. The van der Waals surface area contributed by atoms with E-state index in [0.717, 1.165) is 71.2 Å². The summed E-state index contributed by atoms with van der Waals surface area (Å²) >= 11 is 0. The van der Waals surface area contributed by atoms with E-state index in [0.29, 0.717) is 12.2 Å². The monoisotopic (exact) mass is 553 g/mol. The third kappa shape index (κ3) is 8.57. The van der Waals surface area contributed by atoms with Gasteiger partial charge in [-0.2, -0.15) is 8.78 Å². The van der Waals surface area contributed by atoms with E-state index in [2.05, 4.69) is 30.2 Å². The van der Waals surface area contributed by atoms with E-state index in [9.17, 15) is 8.78 Å². The fourth-order valence-corrected chi connectivity index (χ4v) is 3.89. The number of hydrogen-bond acceptors (Lipinski definition) is 5. The lowest BCUT2D eigenvalue weighted by atomic mass is 10.2. The molecular weight excluding hydrogens is 519 g/mol. The topological polar surface area (TPSA) is 61.4 Å². The van der Waals surface area contributed by atoms with Crippen LogP contribution < -0.4 is 20.3 Å². The van der Waals surface area contributed by atoms with Gasteiger partial charge in [0.1, 0.15) is 5.75 Å². The number of ether oxygens (including phenoxy) is 2. The first kappa shape index (κ1) is 25.9. The van der Waals surface area contributed by atoms with Crippen LogP contribution in [0, 0.1) is 0 Å². The molecule has 0 radical (unpaired) electrons. The summed E-state index contributed by atoms with van der Waals surface area (Å²) in [5, 5.41) is 6.83. The zero-order valence-electron chi connectivity index (χ0n) is 18.1. The Bertz CT molecular complexity index is 677. The maximum Gasteiger partial charge on any atom is 0.387 e. The molecule has 1 aromatic carbocycles. The maximum atomic E-state index is 12.7. The molecule has 10 heteroatoms. The number of aliphatic imine (C=N–C) groups is 1. The standard InChI is InChI=1S/C21H33F2N5O2.HI/c1-24-21(25-9-4-5-10-27-12-14-29-15-13-27)26-17-8-11-28(16-17)18-6-2-3-7-19(18)30-20(22)23;/h2-3,6-7,17,20H,4-5,8-16H2,1H3,(H2,24,25,26);1H. The molecule has 0 amide bonds. The Labute approximate surface area is 200 Å². The zero-order chi connectivity index (χ0) is 21.2. The lowest BCUT2D eigenvalue weighted by molar-refractivity contribution is -0.0495. The molecule has 2 aliphatic rings. The van der Waals surface area contributed by atoms with Gasteiger partial charge in [0.2, 0.25) is 0 Å². The average molecular weight is 553 g/mol. The van der Waals surface area contributed by atoms with Crippen LogP contribution in [0.25, 0.3) is 0 Å². The van der Waals surface area contributed by atoms with Crippen LogP contribution in [0.4, 0.5) is 14.5 Å². The van der Waals surface area contributed by atoms with Crippen molar-refractivity contribution in [3.8, 4) is 5.75 Å².